The number of fused-ring (bicyclic) bond motifs is 1. The number of hydrogen-bond donors (Lipinski definition) is 1. The highest BCUT2D eigenvalue weighted by Gasteiger charge is 2.30. The molecule has 0 radical (unpaired) electrons. The molecule has 4 nitrogen and oxygen atoms in total. The maximum absolute atomic E-state index is 13.3. The molecule has 1 aliphatic heterocycles. The van der Waals surface area contributed by atoms with Crippen LogP contribution >= 0.6 is 39.3 Å². The highest BCUT2D eigenvalue weighted by molar-refractivity contribution is 9.10. The molecule has 2 amide bonds. The first-order valence-electron chi connectivity index (χ1n) is 9.57. The lowest BCUT2D eigenvalue weighted by atomic mass is 10.2. The predicted molar refractivity (Wildman–Crippen MR) is 130 cm³/mol. The van der Waals surface area contributed by atoms with Crippen LogP contribution in [0.2, 0.25) is 5.02 Å². The lowest BCUT2D eigenvalue weighted by Crippen LogP contribution is -2.42. The quantitative estimate of drug-likeness (QED) is 0.432. The summed E-state index contributed by atoms with van der Waals surface area (Å²) in [6, 6.07) is 22.6. The molecule has 0 fully saturated rings. The van der Waals surface area contributed by atoms with E-state index in [1.165, 1.54) is 16.7 Å². The Morgan fingerprint density at radius 2 is 1.84 bits per heavy atom. The molecule has 3 aromatic rings. The number of para-hydroxylation sites is 1. The van der Waals surface area contributed by atoms with Crippen molar-refractivity contribution < 1.29 is 9.59 Å². The molecule has 7 heteroatoms. The molecule has 1 N–H and O–H groups in total. The smallest absolute Gasteiger partial charge is 0.265 e. The van der Waals surface area contributed by atoms with Crippen LogP contribution in [0.4, 0.5) is 5.69 Å². The number of carbonyl (C=O) groups is 2. The molecule has 1 heterocycles. The van der Waals surface area contributed by atoms with E-state index in [1.807, 2.05) is 66.7 Å². The van der Waals surface area contributed by atoms with Crippen LogP contribution in [0.5, 0.6) is 0 Å². The minimum atomic E-state index is -0.230. The molecule has 4 rings (SSSR count). The lowest BCUT2D eigenvalue weighted by molar-refractivity contribution is -0.122. The molecule has 0 bridgehead atoms. The molecule has 0 spiro atoms. The van der Waals surface area contributed by atoms with Gasteiger partial charge in [-0.05, 0) is 53.6 Å². The van der Waals surface area contributed by atoms with Crippen molar-refractivity contribution in [3.05, 3.63) is 98.3 Å². The van der Waals surface area contributed by atoms with Crippen molar-refractivity contribution in [1.82, 2.24) is 5.32 Å². The van der Waals surface area contributed by atoms with Crippen molar-refractivity contribution in [2.75, 3.05) is 11.4 Å². The van der Waals surface area contributed by atoms with Crippen LogP contribution in [0.15, 0.2) is 87.1 Å². The van der Waals surface area contributed by atoms with E-state index in [4.69, 9.17) is 11.6 Å². The summed E-state index contributed by atoms with van der Waals surface area (Å²) in [5.74, 6) is -0.419. The molecule has 156 valence electrons. The maximum atomic E-state index is 13.3. The highest BCUT2D eigenvalue weighted by atomic mass is 79.9. The summed E-state index contributed by atoms with van der Waals surface area (Å²) < 4.78 is 0.939. The van der Waals surface area contributed by atoms with Crippen LogP contribution in [0.25, 0.3) is 6.08 Å². The van der Waals surface area contributed by atoms with Gasteiger partial charge in [0.1, 0.15) is 6.54 Å². The van der Waals surface area contributed by atoms with Gasteiger partial charge in [-0.15, -0.1) is 0 Å². The summed E-state index contributed by atoms with van der Waals surface area (Å²) in [5, 5.41) is 3.53. The topological polar surface area (TPSA) is 49.4 Å². The lowest BCUT2D eigenvalue weighted by Gasteiger charge is -2.29. The number of anilines is 1. The van der Waals surface area contributed by atoms with Crippen molar-refractivity contribution in [3.8, 4) is 0 Å². The van der Waals surface area contributed by atoms with Gasteiger partial charge in [-0.1, -0.05) is 75.7 Å². The monoisotopic (exact) mass is 512 g/mol. The minimum absolute atomic E-state index is 0.0557. The molecule has 0 aliphatic carbocycles. The fourth-order valence-corrected chi connectivity index (χ4v) is 4.77. The number of benzene rings is 3. The van der Waals surface area contributed by atoms with Gasteiger partial charge in [-0.3, -0.25) is 14.5 Å². The zero-order valence-corrected chi connectivity index (χ0v) is 19.5. The Hall–Kier alpha value is -2.54. The van der Waals surface area contributed by atoms with Crippen LogP contribution in [0.1, 0.15) is 11.1 Å². The van der Waals surface area contributed by atoms with Gasteiger partial charge in [0, 0.05) is 20.9 Å². The number of hydrogen-bond acceptors (Lipinski definition) is 3. The molecule has 31 heavy (non-hydrogen) atoms. The zero-order valence-electron chi connectivity index (χ0n) is 16.3. The molecular weight excluding hydrogens is 496 g/mol. The van der Waals surface area contributed by atoms with E-state index >= 15 is 0 Å². The van der Waals surface area contributed by atoms with Crippen LogP contribution in [0, 0.1) is 0 Å². The van der Waals surface area contributed by atoms with Gasteiger partial charge in [0.2, 0.25) is 5.91 Å². The summed E-state index contributed by atoms with van der Waals surface area (Å²) in [7, 11) is 0. The predicted octanol–water partition coefficient (Wildman–Crippen LogP) is 5.90. The van der Waals surface area contributed by atoms with Crippen LogP contribution in [-0.4, -0.2) is 18.4 Å². The molecule has 1 aliphatic rings. The Labute approximate surface area is 198 Å². The normalized spacial score (nSPS) is 14.5. The first-order valence-corrected chi connectivity index (χ1v) is 11.6. The average molecular weight is 514 g/mol. The van der Waals surface area contributed by atoms with E-state index in [0.717, 1.165) is 26.2 Å². The molecule has 3 aromatic carbocycles. The fraction of sp³-hybridized carbons (Fsp3) is 0.0833. The second-order valence-corrected chi connectivity index (χ2v) is 9.36. The summed E-state index contributed by atoms with van der Waals surface area (Å²) >= 11 is 10.8. The summed E-state index contributed by atoms with van der Waals surface area (Å²) in [5.41, 5.74) is 2.59. The molecule has 0 saturated carbocycles. The Balaban J connectivity index is 1.54. The van der Waals surface area contributed by atoms with Crippen molar-refractivity contribution in [1.29, 1.82) is 0 Å². The first-order chi connectivity index (χ1) is 15.0. The SMILES string of the molecule is O=C(CN1C(=O)/C(=C\c2cccc(Br)c2)Sc2ccccc21)NCc1ccc(Cl)cc1. The zero-order chi connectivity index (χ0) is 21.8. The first kappa shape index (κ1) is 21.7. The molecule has 0 atom stereocenters. The summed E-state index contributed by atoms with van der Waals surface area (Å²) in [6.07, 6.45) is 1.85. The second kappa shape index (κ2) is 9.73. The summed E-state index contributed by atoms with van der Waals surface area (Å²) in [6.45, 7) is 0.314. The number of nitrogens with zero attached hydrogens (tertiary/aromatic N) is 1. The number of carbonyl (C=O) groups excluding carboxylic acids is 2. The molecule has 0 aromatic heterocycles. The largest absolute Gasteiger partial charge is 0.350 e. The fourth-order valence-electron chi connectivity index (χ4n) is 3.17. The van der Waals surface area contributed by atoms with Gasteiger partial charge in [0.05, 0.1) is 10.6 Å². The number of thioether (sulfide) groups is 1. The number of amides is 2. The highest BCUT2D eigenvalue weighted by Crippen LogP contribution is 2.42. The molecular formula is C24H18BrClN2O2S. The van der Waals surface area contributed by atoms with Gasteiger partial charge in [-0.25, -0.2) is 0 Å². The Morgan fingerprint density at radius 3 is 2.61 bits per heavy atom. The van der Waals surface area contributed by atoms with Crippen LogP contribution in [-0.2, 0) is 16.1 Å². The van der Waals surface area contributed by atoms with Gasteiger partial charge in [0.25, 0.3) is 5.91 Å². The maximum Gasteiger partial charge on any atom is 0.265 e. The van der Waals surface area contributed by atoms with E-state index in [1.54, 1.807) is 12.1 Å². The minimum Gasteiger partial charge on any atom is -0.350 e. The molecule has 0 unspecified atom stereocenters. The van der Waals surface area contributed by atoms with Crippen molar-refractivity contribution >= 4 is 62.9 Å². The molecule has 0 saturated heterocycles. The third-order valence-corrected chi connectivity index (χ3v) is 6.51. The third-order valence-electron chi connectivity index (χ3n) is 4.68. The van der Waals surface area contributed by atoms with Crippen molar-refractivity contribution in [2.45, 2.75) is 11.4 Å². The van der Waals surface area contributed by atoms with Gasteiger partial charge in [0.15, 0.2) is 0 Å². The van der Waals surface area contributed by atoms with E-state index in [-0.39, 0.29) is 18.4 Å². The van der Waals surface area contributed by atoms with E-state index in [2.05, 4.69) is 21.2 Å². The second-order valence-electron chi connectivity index (χ2n) is 6.93. The average Bonchev–Trinajstić information content (AvgIpc) is 2.76. The number of halogens is 2. The van der Waals surface area contributed by atoms with E-state index in [9.17, 15) is 9.59 Å². The Morgan fingerprint density at radius 1 is 1.06 bits per heavy atom. The Bertz CT molecular complexity index is 1160. The van der Waals surface area contributed by atoms with Gasteiger partial charge < -0.3 is 5.32 Å². The van der Waals surface area contributed by atoms with Crippen molar-refractivity contribution in [3.63, 3.8) is 0 Å². The van der Waals surface area contributed by atoms with Gasteiger partial charge in [-0.2, -0.15) is 0 Å². The summed E-state index contributed by atoms with van der Waals surface area (Å²) in [4.78, 5) is 29.0. The number of rotatable bonds is 5. The standard InChI is InChI=1S/C24H18BrClN2O2S/c25-18-5-3-4-17(12-18)13-22-24(30)28(20-6-1-2-7-21(20)31-22)15-23(29)27-14-16-8-10-19(26)11-9-16/h1-13H,14-15H2,(H,27,29)/b22-13+. The van der Waals surface area contributed by atoms with Crippen LogP contribution < -0.4 is 10.2 Å². The van der Waals surface area contributed by atoms with E-state index < -0.39 is 0 Å². The number of nitrogens with one attached hydrogen (secondary N) is 1. The van der Waals surface area contributed by atoms with E-state index in [0.29, 0.717) is 16.5 Å². The van der Waals surface area contributed by atoms with Crippen molar-refractivity contribution in [2.24, 2.45) is 0 Å². The Kier molecular flexibility index (Phi) is 6.80. The third kappa shape index (κ3) is 5.39. The van der Waals surface area contributed by atoms with Gasteiger partial charge >= 0.3 is 0 Å². The van der Waals surface area contributed by atoms with Crippen LogP contribution in [0.3, 0.4) is 0 Å².